The van der Waals surface area contributed by atoms with Gasteiger partial charge in [-0.1, -0.05) is 20.8 Å². The van der Waals surface area contributed by atoms with E-state index in [1.54, 1.807) is 0 Å². The SMILES string of the molecule is CN(C)c1ncc(CN2CCC(c3nnc4ccc(C(C)(C)C)nn34)CC2)cn1. The number of hydrogen-bond acceptors (Lipinski definition) is 7. The minimum Gasteiger partial charge on any atom is -0.347 e. The van der Waals surface area contributed by atoms with Gasteiger partial charge in [-0.25, -0.2) is 9.97 Å². The molecule has 0 radical (unpaired) electrons. The first-order chi connectivity index (χ1) is 13.8. The first-order valence-corrected chi connectivity index (χ1v) is 10.2. The molecule has 4 heterocycles. The Labute approximate surface area is 172 Å². The van der Waals surface area contributed by atoms with E-state index in [2.05, 4.69) is 51.9 Å². The third-order valence-electron chi connectivity index (χ3n) is 5.51. The van der Waals surface area contributed by atoms with Crippen molar-refractivity contribution in [3.05, 3.63) is 41.6 Å². The smallest absolute Gasteiger partial charge is 0.224 e. The number of likely N-dealkylation sites (tertiary alicyclic amines) is 1. The molecule has 1 fully saturated rings. The Hall–Kier alpha value is -2.61. The van der Waals surface area contributed by atoms with Gasteiger partial charge in [0.15, 0.2) is 11.5 Å². The fourth-order valence-electron chi connectivity index (χ4n) is 3.73. The van der Waals surface area contributed by atoms with Crippen LogP contribution in [0, 0.1) is 0 Å². The van der Waals surface area contributed by atoms with Gasteiger partial charge in [0.1, 0.15) is 0 Å². The van der Waals surface area contributed by atoms with Gasteiger partial charge in [-0.05, 0) is 38.1 Å². The summed E-state index contributed by atoms with van der Waals surface area (Å²) >= 11 is 0. The van der Waals surface area contributed by atoms with E-state index in [0.717, 1.165) is 61.2 Å². The molecule has 1 aliphatic rings. The number of hydrogen-bond donors (Lipinski definition) is 0. The molecule has 0 aliphatic carbocycles. The summed E-state index contributed by atoms with van der Waals surface area (Å²) in [6.07, 6.45) is 5.97. The highest BCUT2D eigenvalue weighted by atomic mass is 15.4. The molecule has 0 aromatic carbocycles. The average molecular weight is 395 g/mol. The molecule has 0 N–H and O–H groups in total. The van der Waals surface area contributed by atoms with Crippen LogP contribution in [0.3, 0.4) is 0 Å². The zero-order valence-electron chi connectivity index (χ0n) is 18.0. The van der Waals surface area contributed by atoms with Crippen molar-refractivity contribution in [1.82, 2.24) is 34.7 Å². The summed E-state index contributed by atoms with van der Waals surface area (Å²) in [5, 5.41) is 13.7. The van der Waals surface area contributed by atoms with Gasteiger partial charge >= 0.3 is 0 Å². The Morgan fingerprint density at radius 2 is 1.72 bits per heavy atom. The van der Waals surface area contributed by atoms with E-state index in [1.807, 2.05) is 42.0 Å². The van der Waals surface area contributed by atoms with Crippen LogP contribution in [0.25, 0.3) is 5.65 Å². The second-order valence-corrected chi connectivity index (χ2v) is 9.13. The van der Waals surface area contributed by atoms with Gasteiger partial charge in [0.05, 0.1) is 5.69 Å². The lowest BCUT2D eigenvalue weighted by atomic mass is 9.92. The fraction of sp³-hybridized carbons (Fsp3) is 0.571. The standard InChI is InChI=1S/C21H30N8/c1-21(2,3)17-6-7-18-24-25-19(29(18)26-17)16-8-10-28(11-9-16)14-15-12-22-20(23-13-15)27(4)5/h6-7,12-13,16H,8-11,14H2,1-5H3. The summed E-state index contributed by atoms with van der Waals surface area (Å²) in [6, 6.07) is 4.08. The number of nitrogens with zero attached hydrogens (tertiary/aromatic N) is 8. The Morgan fingerprint density at radius 3 is 2.34 bits per heavy atom. The van der Waals surface area contributed by atoms with Crippen molar-refractivity contribution >= 4 is 11.6 Å². The summed E-state index contributed by atoms with van der Waals surface area (Å²) < 4.78 is 1.95. The molecular formula is C21H30N8. The molecule has 3 aromatic heterocycles. The highest BCUT2D eigenvalue weighted by Gasteiger charge is 2.26. The number of piperidine rings is 1. The maximum absolute atomic E-state index is 4.85. The summed E-state index contributed by atoms with van der Waals surface area (Å²) in [5.74, 6) is 2.12. The van der Waals surface area contributed by atoms with Crippen LogP contribution in [0.4, 0.5) is 5.95 Å². The Balaban J connectivity index is 1.43. The van der Waals surface area contributed by atoms with Crippen LogP contribution >= 0.6 is 0 Å². The summed E-state index contributed by atoms with van der Waals surface area (Å²) in [5.41, 5.74) is 3.04. The predicted molar refractivity (Wildman–Crippen MR) is 113 cm³/mol. The predicted octanol–water partition coefficient (Wildman–Crippen LogP) is 2.66. The lowest BCUT2D eigenvalue weighted by molar-refractivity contribution is 0.200. The van der Waals surface area contributed by atoms with Crippen LogP contribution in [0.1, 0.15) is 56.6 Å². The second kappa shape index (κ2) is 7.67. The Morgan fingerprint density at radius 1 is 1.03 bits per heavy atom. The van der Waals surface area contributed by atoms with Gasteiger partial charge in [0.25, 0.3) is 0 Å². The van der Waals surface area contributed by atoms with E-state index < -0.39 is 0 Å². The molecule has 8 nitrogen and oxygen atoms in total. The monoisotopic (exact) mass is 394 g/mol. The highest BCUT2D eigenvalue weighted by Crippen LogP contribution is 2.28. The third kappa shape index (κ3) is 4.22. The van der Waals surface area contributed by atoms with Gasteiger partial charge in [-0.15, -0.1) is 10.2 Å². The highest BCUT2D eigenvalue weighted by molar-refractivity contribution is 5.38. The molecule has 0 amide bonds. The van der Waals surface area contributed by atoms with Crippen LogP contribution in [-0.2, 0) is 12.0 Å². The molecular weight excluding hydrogens is 364 g/mol. The van der Waals surface area contributed by atoms with Crippen molar-refractivity contribution in [3.8, 4) is 0 Å². The lowest BCUT2D eigenvalue weighted by Gasteiger charge is -2.31. The molecule has 0 atom stereocenters. The van der Waals surface area contributed by atoms with Crippen molar-refractivity contribution in [2.24, 2.45) is 0 Å². The molecule has 0 spiro atoms. The molecule has 0 saturated carbocycles. The molecule has 8 heteroatoms. The van der Waals surface area contributed by atoms with Crippen molar-refractivity contribution in [2.45, 2.75) is 51.5 Å². The van der Waals surface area contributed by atoms with E-state index >= 15 is 0 Å². The summed E-state index contributed by atoms with van der Waals surface area (Å²) in [6.45, 7) is 9.46. The van der Waals surface area contributed by atoms with Crippen molar-refractivity contribution in [1.29, 1.82) is 0 Å². The second-order valence-electron chi connectivity index (χ2n) is 9.13. The number of aromatic nitrogens is 6. The van der Waals surface area contributed by atoms with Crippen molar-refractivity contribution < 1.29 is 0 Å². The maximum atomic E-state index is 4.85. The summed E-state index contributed by atoms with van der Waals surface area (Å²) in [7, 11) is 3.90. The van der Waals surface area contributed by atoms with Crippen LogP contribution < -0.4 is 4.90 Å². The number of anilines is 1. The minimum absolute atomic E-state index is 0.00327. The Kier molecular flexibility index (Phi) is 5.21. The molecule has 1 saturated heterocycles. The molecule has 0 bridgehead atoms. The zero-order chi connectivity index (χ0) is 20.6. The van der Waals surface area contributed by atoms with E-state index in [-0.39, 0.29) is 5.41 Å². The van der Waals surface area contributed by atoms with Gasteiger partial charge < -0.3 is 4.90 Å². The molecule has 4 rings (SSSR count). The first kappa shape index (κ1) is 19.7. The van der Waals surface area contributed by atoms with Gasteiger partial charge in [0.2, 0.25) is 5.95 Å². The van der Waals surface area contributed by atoms with E-state index in [0.29, 0.717) is 5.92 Å². The molecule has 154 valence electrons. The fourth-order valence-corrected chi connectivity index (χ4v) is 3.73. The topological polar surface area (TPSA) is 75.3 Å². The Bertz CT molecular complexity index is 963. The minimum atomic E-state index is 0.00327. The number of fused-ring (bicyclic) bond motifs is 1. The van der Waals surface area contributed by atoms with E-state index in [9.17, 15) is 0 Å². The summed E-state index contributed by atoms with van der Waals surface area (Å²) in [4.78, 5) is 13.2. The maximum Gasteiger partial charge on any atom is 0.224 e. The van der Waals surface area contributed by atoms with Gasteiger partial charge in [-0.3, -0.25) is 4.90 Å². The van der Waals surface area contributed by atoms with Crippen molar-refractivity contribution in [2.75, 3.05) is 32.1 Å². The van der Waals surface area contributed by atoms with E-state index in [4.69, 9.17) is 5.10 Å². The molecule has 1 aliphatic heterocycles. The lowest BCUT2D eigenvalue weighted by Crippen LogP contribution is -2.33. The van der Waals surface area contributed by atoms with Crippen LogP contribution in [-0.4, -0.2) is 61.9 Å². The molecule has 29 heavy (non-hydrogen) atoms. The quantitative estimate of drug-likeness (QED) is 0.673. The normalized spacial score (nSPS) is 16.4. The molecule has 3 aromatic rings. The van der Waals surface area contributed by atoms with Crippen molar-refractivity contribution in [3.63, 3.8) is 0 Å². The van der Waals surface area contributed by atoms with Crippen LogP contribution in [0.15, 0.2) is 24.5 Å². The first-order valence-electron chi connectivity index (χ1n) is 10.2. The van der Waals surface area contributed by atoms with Crippen LogP contribution in [0.5, 0.6) is 0 Å². The average Bonchev–Trinajstić information content (AvgIpc) is 3.12. The van der Waals surface area contributed by atoms with Gasteiger partial charge in [-0.2, -0.15) is 9.61 Å². The van der Waals surface area contributed by atoms with Crippen LogP contribution in [0.2, 0.25) is 0 Å². The van der Waals surface area contributed by atoms with Gasteiger partial charge in [0, 0.05) is 49.9 Å². The largest absolute Gasteiger partial charge is 0.347 e. The number of rotatable bonds is 4. The molecule has 0 unspecified atom stereocenters. The zero-order valence-corrected chi connectivity index (χ0v) is 18.0. The van der Waals surface area contributed by atoms with E-state index in [1.165, 1.54) is 0 Å². The third-order valence-corrected chi connectivity index (χ3v) is 5.51.